The summed E-state index contributed by atoms with van der Waals surface area (Å²) in [5.74, 6) is 0. The van der Waals surface area contributed by atoms with E-state index in [2.05, 4.69) is 18.2 Å². The Morgan fingerprint density at radius 3 is 2.58 bits per heavy atom. The van der Waals surface area contributed by atoms with Crippen molar-refractivity contribution in [1.82, 2.24) is 4.90 Å². The second-order valence-electron chi connectivity index (χ2n) is 2.24. The third kappa shape index (κ3) is 5.47. The maximum atomic E-state index is 4.11. The van der Waals surface area contributed by atoms with Crippen molar-refractivity contribution in [3.8, 4) is 0 Å². The summed E-state index contributed by atoms with van der Waals surface area (Å²) in [6.07, 6.45) is 9.29. The van der Waals surface area contributed by atoms with Gasteiger partial charge in [0.1, 0.15) is 0 Å². The fraction of sp³-hybridized carbons (Fsp3) is 0.300. The van der Waals surface area contributed by atoms with Crippen molar-refractivity contribution < 1.29 is 0 Å². The third-order valence-corrected chi connectivity index (χ3v) is 1.14. The summed E-state index contributed by atoms with van der Waals surface area (Å²) in [6, 6.07) is 0. The molecule has 0 amide bonds. The Balaban J connectivity index is 3.92. The Hall–Kier alpha value is -1.31. The van der Waals surface area contributed by atoms with Crippen molar-refractivity contribution in [2.24, 2.45) is 4.99 Å². The van der Waals surface area contributed by atoms with Crippen LogP contribution in [0, 0.1) is 0 Å². The van der Waals surface area contributed by atoms with E-state index in [9.17, 15) is 0 Å². The predicted octanol–water partition coefficient (Wildman–Crippen LogP) is 2.22. The Kier molecular flexibility index (Phi) is 6.94. The third-order valence-electron chi connectivity index (χ3n) is 1.14. The van der Waals surface area contributed by atoms with Crippen molar-refractivity contribution in [2.45, 2.75) is 6.92 Å². The number of hydrogen-bond donors (Lipinski definition) is 0. The molecular formula is C10H16N2. The van der Waals surface area contributed by atoms with Crippen LogP contribution >= 0.6 is 0 Å². The van der Waals surface area contributed by atoms with Gasteiger partial charge in [-0.2, -0.15) is 0 Å². The molecule has 0 spiro atoms. The van der Waals surface area contributed by atoms with E-state index in [0.29, 0.717) is 6.54 Å². The first-order chi connectivity index (χ1) is 5.85. The number of rotatable bonds is 6. The highest BCUT2D eigenvalue weighted by Gasteiger charge is 1.87. The molecule has 0 aromatic carbocycles. The Morgan fingerprint density at radius 1 is 1.33 bits per heavy atom. The normalized spacial score (nSPS) is 10.8. The van der Waals surface area contributed by atoms with Crippen LogP contribution in [-0.4, -0.2) is 24.3 Å². The van der Waals surface area contributed by atoms with E-state index in [1.54, 1.807) is 12.4 Å². The SMILES string of the molecule is C=CC/N=C/N(/C=C\C)CC=C. The van der Waals surface area contributed by atoms with E-state index in [-0.39, 0.29) is 0 Å². The lowest BCUT2D eigenvalue weighted by molar-refractivity contribution is 0.638. The molecule has 0 saturated carbocycles. The highest BCUT2D eigenvalue weighted by Crippen LogP contribution is 1.86. The minimum absolute atomic E-state index is 0.658. The zero-order valence-corrected chi connectivity index (χ0v) is 7.61. The zero-order chi connectivity index (χ0) is 9.23. The van der Waals surface area contributed by atoms with Gasteiger partial charge in [0, 0.05) is 12.7 Å². The molecule has 0 aromatic rings. The van der Waals surface area contributed by atoms with Gasteiger partial charge in [-0.15, -0.1) is 13.2 Å². The number of aliphatic imine (C=N–C) groups is 1. The molecule has 0 aliphatic heterocycles. The quantitative estimate of drug-likeness (QED) is 0.334. The van der Waals surface area contributed by atoms with Gasteiger partial charge in [0.25, 0.3) is 0 Å². The van der Waals surface area contributed by atoms with Crippen LogP contribution in [0.2, 0.25) is 0 Å². The molecule has 0 aliphatic carbocycles. The summed E-state index contributed by atoms with van der Waals surface area (Å²) < 4.78 is 0. The highest BCUT2D eigenvalue weighted by molar-refractivity contribution is 5.56. The largest absolute Gasteiger partial charge is 0.336 e. The maximum absolute atomic E-state index is 4.11. The second kappa shape index (κ2) is 7.79. The van der Waals surface area contributed by atoms with Crippen molar-refractivity contribution in [2.75, 3.05) is 13.1 Å². The first-order valence-corrected chi connectivity index (χ1v) is 3.95. The maximum Gasteiger partial charge on any atom is 0.0896 e. The molecule has 0 radical (unpaired) electrons. The molecule has 12 heavy (non-hydrogen) atoms. The standard InChI is InChI=1S/C10H16N2/c1-4-7-11-10-12(8-5-2)9-6-3/h4-6,9-10H,1-2,7-8H2,3H3/b9-6-,11-10+. The summed E-state index contributed by atoms with van der Waals surface area (Å²) in [7, 11) is 0. The molecule has 0 saturated heterocycles. The summed E-state index contributed by atoms with van der Waals surface area (Å²) in [4.78, 5) is 6.07. The topological polar surface area (TPSA) is 15.6 Å². The van der Waals surface area contributed by atoms with Crippen LogP contribution in [0.5, 0.6) is 0 Å². The molecule has 0 atom stereocenters. The second-order valence-corrected chi connectivity index (χ2v) is 2.24. The van der Waals surface area contributed by atoms with Crippen LogP contribution in [0.4, 0.5) is 0 Å². The lowest BCUT2D eigenvalue weighted by atomic mass is 10.5. The summed E-state index contributed by atoms with van der Waals surface area (Å²) >= 11 is 0. The summed E-state index contributed by atoms with van der Waals surface area (Å²) in [6.45, 7) is 10.6. The van der Waals surface area contributed by atoms with Gasteiger partial charge < -0.3 is 4.90 Å². The van der Waals surface area contributed by atoms with Gasteiger partial charge in [-0.3, -0.25) is 4.99 Å². The zero-order valence-electron chi connectivity index (χ0n) is 7.61. The fourth-order valence-electron chi connectivity index (χ4n) is 0.714. The molecule has 0 bridgehead atoms. The number of hydrogen-bond acceptors (Lipinski definition) is 1. The predicted molar refractivity (Wildman–Crippen MR) is 55.3 cm³/mol. The molecule has 0 rings (SSSR count). The lowest BCUT2D eigenvalue weighted by Crippen LogP contribution is -2.14. The fourth-order valence-corrected chi connectivity index (χ4v) is 0.714. The molecule has 0 heterocycles. The van der Waals surface area contributed by atoms with Gasteiger partial charge in [0.15, 0.2) is 0 Å². The summed E-state index contributed by atoms with van der Waals surface area (Å²) in [5.41, 5.74) is 0. The Morgan fingerprint density at radius 2 is 2.08 bits per heavy atom. The molecule has 0 N–H and O–H groups in total. The first kappa shape index (κ1) is 10.7. The molecule has 2 heteroatoms. The molecule has 2 nitrogen and oxygen atoms in total. The lowest BCUT2D eigenvalue weighted by Gasteiger charge is -2.10. The van der Waals surface area contributed by atoms with Gasteiger partial charge in [0.2, 0.25) is 0 Å². The smallest absolute Gasteiger partial charge is 0.0896 e. The molecule has 66 valence electrons. The van der Waals surface area contributed by atoms with Crippen LogP contribution in [0.3, 0.4) is 0 Å². The Bertz CT molecular complexity index is 180. The van der Waals surface area contributed by atoms with E-state index in [4.69, 9.17) is 0 Å². The van der Waals surface area contributed by atoms with E-state index in [1.807, 2.05) is 30.2 Å². The minimum Gasteiger partial charge on any atom is -0.336 e. The van der Waals surface area contributed by atoms with Crippen LogP contribution in [0.1, 0.15) is 6.92 Å². The van der Waals surface area contributed by atoms with E-state index in [0.717, 1.165) is 6.54 Å². The monoisotopic (exact) mass is 164 g/mol. The average molecular weight is 164 g/mol. The van der Waals surface area contributed by atoms with Gasteiger partial charge in [-0.05, 0) is 6.92 Å². The number of allylic oxidation sites excluding steroid dienone is 1. The van der Waals surface area contributed by atoms with Crippen LogP contribution in [-0.2, 0) is 0 Å². The molecule has 0 aromatic heterocycles. The highest BCUT2D eigenvalue weighted by atomic mass is 15.1. The van der Waals surface area contributed by atoms with Gasteiger partial charge in [-0.1, -0.05) is 18.2 Å². The van der Waals surface area contributed by atoms with Crippen molar-refractivity contribution >= 4 is 6.34 Å². The van der Waals surface area contributed by atoms with E-state index >= 15 is 0 Å². The van der Waals surface area contributed by atoms with Crippen molar-refractivity contribution in [3.05, 3.63) is 37.6 Å². The van der Waals surface area contributed by atoms with Crippen LogP contribution in [0.25, 0.3) is 0 Å². The van der Waals surface area contributed by atoms with E-state index < -0.39 is 0 Å². The number of nitrogens with zero attached hydrogens (tertiary/aromatic N) is 2. The van der Waals surface area contributed by atoms with E-state index in [1.165, 1.54) is 0 Å². The molecule has 0 unspecified atom stereocenters. The minimum atomic E-state index is 0.658. The summed E-state index contributed by atoms with van der Waals surface area (Å²) in [5, 5.41) is 0. The Labute approximate surface area is 74.6 Å². The van der Waals surface area contributed by atoms with Gasteiger partial charge >= 0.3 is 0 Å². The van der Waals surface area contributed by atoms with Crippen molar-refractivity contribution in [3.63, 3.8) is 0 Å². The molecule has 0 aliphatic rings. The first-order valence-electron chi connectivity index (χ1n) is 3.95. The molecule has 0 fully saturated rings. The molecular weight excluding hydrogens is 148 g/mol. The van der Waals surface area contributed by atoms with Gasteiger partial charge in [0.05, 0.1) is 12.9 Å². The van der Waals surface area contributed by atoms with Crippen LogP contribution in [0.15, 0.2) is 42.6 Å². The van der Waals surface area contributed by atoms with Crippen molar-refractivity contribution in [1.29, 1.82) is 0 Å². The van der Waals surface area contributed by atoms with Crippen LogP contribution < -0.4 is 0 Å². The average Bonchev–Trinajstić information content (AvgIpc) is 2.06. The van der Waals surface area contributed by atoms with Gasteiger partial charge in [-0.25, -0.2) is 0 Å².